The Bertz CT molecular complexity index is 396. The number of anilines is 1. The molecule has 2 fully saturated rings. The van der Waals surface area contributed by atoms with Gasteiger partial charge in [0.25, 0.3) is 0 Å². The molecule has 1 aromatic heterocycles. The first-order chi connectivity index (χ1) is 7.75. The van der Waals surface area contributed by atoms with Gasteiger partial charge in [-0.3, -0.25) is 4.79 Å². The predicted molar refractivity (Wildman–Crippen MR) is 58.4 cm³/mol. The highest BCUT2D eigenvalue weighted by atomic mass is 32.1. The average Bonchev–Trinajstić information content (AvgIpc) is 2.91. The summed E-state index contributed by atoms with van der Waals surface area (Å²) in [5.74, 6) is 0.0559. The van der Waals surface area contributed by atoms with Crippen LogP contribution in [0.4, 0.5) is 5.13 Å². The number of likely N-dealkylation sites (N-methyl/N-ethyl adjacent to an activating group) is 1. The Balaban J connectivity index is 1.78. The number of fused-ring (bicyclic) bond motifs is 1. The van der Waals surface area contributed by atoms with E-state index in [1.54, 1.807) is 10.4 Å². The van der Waals surface area contributed by atoms with E-state index in [0.29, 0.717) is 0 Å². The second-order valence-electron chi connectivity index (χ2n) is 4.05. The molecule has 0 unspecified atom stereocenters. The molecule has 0 bridgehead atoms. The third kappa shape index (κ3) is 1.47. The molecule has 2 aliphatic heterocycles. The fraction of sp³-hybridized carbons (Fsp3) is 0.667. The van der Waals surface area contributed by atoms with Crippen molar-refractivity contribution in [3.05, 3.63) is 5.51 Å². The van der Waals surface area contributed by atoms with Gasteiger partial charge in [-0.05, 0) is 0 Å². The molecule has 0 saturated carbocycles. The Kier molecular flexibility index (Phi) is 2.29. The first-order valence-corrected chi connectivity index (χ1v) is 6.02. The lowest BCUT2D eigenvalue weighted by atomic mass is 10.1. The quantitative estimate of drug-likeness (QED) is 0.667. The van der Waals surface area contributed by atoms with E-state index >= 15 is 0 Å². The summed E-state index contributed by atoms with van der Waals surface area (Å²) in [5.41, 5.74) is 1.72. The minimum absolute atomic E-state index is 0.0559. The zero-order chi connectivity index (χ0) is 11.1. The van der Waals surface area contributed by atoms with Crippen LogP contribution in [-0.4, -0.2) is 59.9 Å². The Hall–Kier alpha value is -1.21. The third-order valence-corrected chi connectivity index (χ3v) is 3.92. The summed E-state index contributed by atoms with van der Waals surface area (Å²) in [7, 11) is 1.84. The molecule has 0 aliphatic carbocycles. The molecular formula is C9H12N4O2S. The maximum absolute atomic E-state index is 11.5. The summed E-state index contributed by atoms with van der Waals surface area (Å²) >= 11 is 1.51. The second kappa shape index (κ2) is 3.67. The summed E-state index contributed by atoms with van der Waals surface area (Å²) in [6.45, 7) is 1.77. The normalized spacial score (nSPS) is 29.7. The van der Waals surface area contributed by atoms with Crippen molar-refractivity contribution in [2.24, 2.45) is 0 Å². The Morgan fingerprint density at radius 1 is 1.56 bits per heavy atom. The number of hydrogen-bond acceptors (Lipinski definition) is 6. The van der Waals surface area contributed by atoms with E-state index in [1.165, 1.54) is 11.3 Å². The molecule has 0 N–H and O–H groups in total. The number of ether oxygens (including phenoxy) is 1. The highest BCUT2D eigenvalue weighted by molar-refractivity contribution is 7.13. The summed E-state index contributed by atoms with van der Waals surface area (Å²) in [6, 6.07) is 0.144. The first-order valence-electron chi connectivity index (χ1n) is 5.14. The number of hydrogen-bond donors (Lipinski definition) is 0. The van der Waals surface area contributed by atoms with Gasteiger partial charge in [-0.1, -0.05) is 11.3 Å². The number of aromatic nitrogens is 2. The van der Waals surface area contributed by atoms with Gasteiger partial charge in [0.2, 0.25) is 11.0 Å². The molecule has 1 aromatic rings. The molecule has 86 valence electrons. The average molecular weight is 240 g/mol. The van der Waals surface area contributed by atoms with E-state index in [9.17, 15) is 4.79 Å². The van der Waals surface area contributed by atoms with Crippen LogP contribution in [0.15, 0.2) is 5.51 Å². The van der Waals surface area contributed by atoms with Crippen LogP contribution in [-0.2, 0) is 9.53 Å². The fourth-order valence-corrected chi connectivity index (χ4v) is 2.80. The number of morpholine rings is 1. The zero-order valence-corrected chi connectivity index (χ0v) is 9.68. The molecule has 2 aliphatic rings. The van der Waals surface area contributed by atoms with Crippen LogP contribution in [0.5, 0.6) is 0 Å². The number of nitrogens with zero attached hydrogens (tertiary/aromatic N) is 4. The first kappa shape index (κ1) is 9.98. The lowest BCUT2D eigenvalue weighted by Gasteiger charge is -2.33. The van der Waals surface area contributed by atoms with Gasteiger partial charge in [-0.25, -0.2) is 0 Å². The lowest BCUT2D eigenvalue weighted by Crippen LogP contribution is -2.51. The van der Waals surface area contributed by atoms with Crippen LogP contribution >= 0.6 is 11.3 Å². The monoisotopic (exact) mass is 240 g/mol. The molecule has 7 heteroatoms. The SMILES string of the molecule is CN1C(=O)CO[C@@H]2CN(c3nncs3)C[C@H]21. The molecule has 2 atom stereocenters. The van der Waals surface area contributed by atoms with Crippen LogP contribution in [0.1, 0.15) is 0 Å². The van der Waals surface area contributed by atoms with Crippen LogP contribution < -0.4 is 4.90 Å². The van der Waals surface area contributed by atoms with Gasteiger partial charge in [0.1, 0.15) is 12.1 Å². The summed E-state index contributed by atoms with van der Waals surface area (Å²) < 4.78 is 5.54. The molecule has 3 rings (SSSR count). The largest absolute Gasteiger partial charge is 0.364 e. The van der Waals surface area contributed by atoms with Crippen LogP contribution in [0.2, 0.25) is 0 Å². The van der Waals surface area contributed by atoms with Crippen molar-refractivity contribution in [3.63, 3.8) is 0 Å². The predicted octanol–water partition coefficient (Wildman–Crippen LogP) is -0.416. The van der Waals surface area contributed by atoms with Crippen LogP contribution in [0.3, 0.4) is 0 Å². The van der Waals surface area contributed by atoms with E-state index < -0.39 is 0 Å². The van der Waals surface area contributed by atoms with Crippen molar-refractivity contribution in [2.75, 3.05) is 31.6 Å². The van der Waals surface area contributed by atoms with E-state index in [4.69, 9.17) is 4.74 Å². The minimum atomic E-state index is 0.0559. The number of rotatable bonds is 1. The van der Waals surface area contributed by atoms with E-state index in [1.807, 2.05) is 7.05 Å². The van der Waals surface area contributed by atoms with Crippen molar-refractivity contribution in [3.8, 4) is 0 Å². The van der Waals surface area contributed by atoms with E-state index in [0.717, 1.165) is 18.2 Å². The van der Waals surface area contributed by atoms with Gasteiger partial charge in [-0.2, -0.15) is 0 Å². The fourth-order valence-electron chi connectivity index (χ4n) is 2.22. The Labute approximate surface area is 96.8 Å². The van der Waals surface area contributed by atoms with Gasteiger partial charge in [0.15, 0.2) is 0 Å². The number of carbonyl (C=O) groups excluding carboxylic acids is 1. The summed E-state index contributed by atoms with van der Waals surface area (Å²) in [4.78, 5) is 15.4. The van der Waals surface area contributed by atoms with E-state index in [-0.39, 0.29) is 24.7 Å². The van der Waals surface area contributed by atoms with Crippen LogP contribution in [0, 0.1) is 0 Å². The molecule has 0 spiro atoms. The Morgan fingerprint density at radius 3 is 3.19 bits per heavy atom. The maximum Gasteiger partial charge on any atom is 0.248 e. The molecule has 1 amide bonds. The van der Waals surface area contributed by atoms with Crippen molar-refractivity contribution in [2.45, 2.75) is 12.1 Å². The summed E-state index contributed by atoms with van der Waals surface area (Å²) in [6.07, 6.45) is 0.103. The Morgan fingerprint density at radius 2 is 2.44 bits per heavy atom. The number of carbonyl (C=O) groups is 1. The van der Waals surface area contributed by atoms with Crippen molar-refractivity contribution >= 4 is 22.4 Å². The standard InChI is InChI=1S/C9H12N4O2S/c1-12-6-2-13(9-11-10-5-16-9)3-7(6)15-4-8(12)14/h5-7H,2-4H2,1H3/t6-,7-/m1/s1. The molecule has 16 heavy (non-hydrogen) atoms. The minimum Gasteiger partial charge on any atom is -0.364 e. The van der Waals surface area contributed by atoms with Gasteiger partial charge < -0.3 is 14.5 Å². The maximum atomic E-state index is 11.5. The second-order valence-corrected chi connectivity index (χ2v) is 4.86. The molecule has 2 saturated heterocycles. The van der Waals surface area contributed by atoms with Gasteiger partial charge in [0.05, 0.1) is 12.1 Å². The number of amides is 1. The molecule has 0 aromatic carbocycles. The zero-order valence-electron chi connectivity index (χ0n) is 8.87. The van der Waals surface area contributed by atoms with Gasteiger partial charge in [-0.15, -0.1) is 10.2 Å². The highest BCUT2D eigenvalue weighted by Crippen LogP contribution is 2.27. The smallest absolute Gasteiger partial charge is 0.248 e. The molecule has 0 radical (unpaired) electrons. The molecule has 6 nitrogen and oxygen atoms in total. The van der Waals surface area contributed by atoms with Crippen molar-refractivity contribution in [1.82, 2.24) is 15.1 Å². The van der Waals surface area contributed by atoms with Gasteiger partial charge >= 0.3 is 0 Å². The van der Waals surface area contributed by atoms with Crippen molar-refractivity contribution < 1.29 is 9.53 Å². The van der Waals surface area contributed by atoms with Gasteiger partial charge in [0, 0.05) is 20.1 Å². The van der Waals surface area contributed by atoms with Crippen molar-refractivity contribution in [1.29, 1.82) is 0 Å². The van der Waals surface area contributed by atoms with Crippen LogP contribution in [0.25, 0.3) is 0 Å². The van der Waals surface area contributed by atoms with E-state index in [2.05, 4.69) is 15.1 Å². The lowest BCUT2D eigenvalue weighted by molar-refractivity contribution is -0.150. The summed E-state index contributed by atoms with van der Waals surface area (Å²) in [5, 5.41) is 8.76. The molecule has 3 heterocycles. The molecular weight excluding hydrogens is 228 g/mol. The topological polar surface area (TPSA) is 58.6 Å². The highest BCUT2D eigenvalue weighted by Gasteiger charge is 2.42. The third-order valence-electron chi connectivity index (χ3n) is 3.17.